The number of rotatable bonds is 3. The van der Waals surface area contributed by atoms with Crippen LogP contribution in [0.1, 0.15) is 13.3 Å². The number of hydrogen-bond acceptors (Lipinski definition) is 1. The van der Waals surface area contributed by atoms with Crippen molar-refractivity contribution in [2.45, 2.75) is 13.3 Å². The maximum Gasteiger partial charge on any atom is 0.0993 e. The third-order valence-electron chi connectivity index (χ3n) is 2.61. The van der Waals surface area contributed by atoms with Gasteiger partial charge in [-0.1, -0.05) is 49.4 Å². The number of aliphatic imine (C=N–C) groups is 1. The third kappa shape index (κ3) is 2.94. The van der Waals surface area contributed by atoms with Crippen LogP contribution in [0, 0.1) is 0 Å². The molecule has 2 heteroatoms. The molecule has 0 saturated carbocycles. The van der Waals surface area contributed by atoms with Gasteiger partial charge in [0.2, 0.25) is 0 Å². The van der Waals surface area contributed by atoms with Gasteiger partial charge in [0.05, 0.1) is 11.5 Å². The van der Waals surface area contributed by atoms with E-state index in [1.54, 1.807) is 0 Å². The van der Waals surface area contributed by atoms with E-state index in [1.807, 2.05) is 37.3 Å². The van der Waals surface area contributed by atoms with Gasteiger partial charge in [-0.2, -0.15) is 0 Å². The average molecular weight is 224 g/mol. The summed E-state index contributed by atoms with van der Waals surface area (Å²) in [6.07, 6.45) is 0.778. The molecule has 0 fully saturated rings. The Balaban J connectivity index is 2.25. The summed E-state index contributed by atoms with van der Waals surface area (Å²) < 4.78 is 0. The van der Waals surface area contributed by atoms with Gasteiger partial charge < -0.3 is 5.73 Å². The van der Waals surface area contributed by atoms with Crippen molar-refractivity contribution in [3.63, 3.8) is 0 Å². The molecule has 0 aliphatic carbocycles. The van der Waals surface area contributed by atoms with Crippen molar-refractivity contribution in [1.82, 2.24) is 0 Å². The molecule has 2 rings (SSSR count). The highest BCUT2D eigenvalue weighted by Crippen LogP contribution is 2.22. The van der Waals surface area contributed by atoms with Crippen LogP contribution in [0.2, 0.25) is 0 Å². The molecule has 2 nitrogen and oxygen atoms in total. The van der Waals surface area contributed by atoms with Crippen molar-refractivity contribution in [3.05, 3.63) is 54.6 Å². The van der Waals surface area contributed by atoms with Crippen LogP contribution in [0.15, 0.2) is 59.6 Å². The van der Waals surface area contributed by atoms with Crippen molar-refractivity contribution < 1.29 is 0 Å². The smallest absolute Gasteiger partial charge is 0.0993 e. The highest BCUT2D eigenvalue weighted by molar-refractivity contribution is 5.83. The van der Waals surface area contributed by atoms with E-state index < -0.39 is 0 Å². The largest absolute Gasteiger partial charge is 0.387 e. The van der Waals surface area contributed by atoms with E-state index in [9.17, 15) is 0 Å². The van der Waals surface area contributed by atoms with Gasteiger partial charge in [0.15, 0.2) is 0 Å². The molecule has 0 aromatic heterocycles. The minimum Gasteiger partial charge on any atom is -0.387 e. The molecule has 0 aliphatic heterocycles. The molecule has 0 amide bonds. The minimum absolute atomic E-state index is 0.664. The first-order valence-electron chi connectivity index (χ1n) is 5.78. The second kappa shape index (κ2) is 5.30. The SMILES string of the molecule is CCC(N)=Nc1ccc(-c2ccccc2)cc1. The zero-order chi connectivity index (χ0) is 12.1. The minimum atomic E-state index is 0.664. The van der Waals surface area contributed by atoms with Crippen LogP contribution in [-0.2, 0) is 0 Å². The molecule has 0 atom stereocenters. The lowest BCUT2D eigenvalue weighted by Crippen LogP contribution is -2.08. The molecule has 86 valence electrons. The van der Waals surface area contributed by atoms with Gasteiger partial charge in [0, 0.05) is 6.42 Å². The van der Waals surface area contributed by atoms with Crippen LogP contribution in [0.3, 0.4) is 0 Å². The first kappa shape index (κ1) is 11.4. The van der Waals surface area contributed by atoms with E-state index in [2.05, 4.69) is 29.3 Å². The Bertz CT molecular complexity index is 498. The summed E-state index contributed by atoms with van der Waals surface area (Å²) in [6, 6.07) is 18.4. The van der Waals surface area contributed by atoms with Gasteiger partial charge in [-0.05, 0) is 23.3 Å². The first-order chi connectivity index (χ1) is 8.29. The molecule has 2 aromatic rings. The summed E-state index contributed by atoms with van der Waals surface area (Å²) in [4.78, 5) is 4.31. The molecule has 17 heavy (non-hydrogen) atoms. The lowest BCUT2D eigenvalue weighted by atomic mass is 10.1. The second-order valence-electron chi connectivity index (χ2n) is 3.87. The number of nitrogens with zero attached hydrogens (tertiary/aromatic N) is 1. The molecule has 0 saturated heterocycles. The number of hydrogen-bond donors (Lipinski definition) is 1. The maximum absolute atomic E-state index is 5.70. The van der Waals surface area contributed by atoms with E-state index >= 15 is 0 Å². The van der Waals surface area contributed by atoms with Crippen LogP contribution < -0.4 is 5.73 Å². The lowest BCUT2D eigenvalue weighted by Gasteiger charge is -2.02. The third-order valence-corrected chi connectivity index (χ3v) is 2.61. The highest BCUT2D eigenvalue weighted by atomic mass is 14.8. The number of benzene rings is 2. The van der Waals surface area contributed by atoms with E-state index in [0.29, 0.717) is 5.84 Å². The standard InChI is InChI=1S/C15H16N2/c1-2-15(16)17-14-10-8-13(9-11-14)12-6-4-3-5-7-12/h3-11H,2H2,1H3,(H2,16,17). The van der Waals surface area contributed by atoms with E-state index in [-0.39, 0.29) is 0 Å². The molecule has 0 bridgehead atoms. The normalized spacial score (nSPS) is 11.5. The molecule has 2 aromatic carbocycles. The van der Waals surface area contributed by atoms with Crippen molar-refractivity contribution in [1.29, 1.82) is 0 Å². The predicted octanol–water partition coefficient (Wildman–Crippen LogP) is 3.75. The quantitative estimate of drug-likeness (QED) is 0.625. The van der Waals surface area contributed by atoms with Crippen molar-refractivity contribution in [2.75, 3.05) is 0 Å². The first-order valence-corrected chi connectivity index (χ1v) is 5.78. The molecule has 0 radical (unpaired) electrons. The van der Waals surface area contributed by atoms with E-state index in [0.717, 1.165) is 12.1 Å². The molecule has 0 unspecified atom stereocenters. The Labute approximate surface area is 102 Å². The van der Waals surface area contributed by atoms with Crippen LogP contribution in [-0.4, -0.2) is 5.84 Å². The number of nitrogens with two attached hydrogens (primary N) is 1. The van der Waals surface area contributed by atoms with Gasteiger partial charge in [-0.25, -0.2) is 4.99 Å². The Hall–Kier alpha value is -2.09. The van der Waals surface area contributed by atoms with Gasteiger partial charge in [0.1, 0.15) is 0 Å². The van der Waals surface area contributed by atoms with Crippen LogP contribution in [0.25, 0.3) is 11.1 Å². The predicted molar refractivity (Wildman–Crippen MR) is 73.5 cm³/mol. The summed E-state index contributed by atoms with van der Waals surface area (Å²) >= 11 is 0. The number of amidine groups is 1. The zero-order valence-corrected chi connectivity index (χ0v) is 9.93. The molecule has 0 aliphatic rings. The Morgan fingerprint density at radius 3 is 2.12 bits per heavy atom. The fraction of sp³-hybridized carbons (Fsp3) is 0.133. The fourth-order valence-corrected chi connectivity index (χ4v) is 1.60. The summed E-state index contributed by atoms with van der Waals surface area (Å²) in [5.74, 6) is 0.664. The Morgan fingerprint density at radius 2 is 1.53 bits per heavy atom. The average Bonchev–Trinajstić information content (AvgIpc) is 2.40. The van der Waals surface area contributed by atoms with E-state index in [4.69, 9.17) is 5.73 Å². The van der Waals surface area contributed by atoms with Gasteiger partial charge in [-0.15, -0.1) is 0 Å². The van der Waals surface area contributed by atoms with Gasteiger partial charge in [-0.3, -0.25) is 0 Å². The Kier molecular flexibility index (Phi) is 3.55. The molecular weight excluding hydrogens is 208 g/mol. The van der Waals surface area contributed by atoms with Crippen LogP contribution in [0.4, 0.5) is 5.69 Å². The van der Waals surface area contributed by atoms with Crippen LogP contribution >= 0.6 is 0 Å². The fourth-order valence-electron chi connectivity index (χ4n) is 1.60. The summed E-state index contributed by atoms with van der Waals surface area (Å²) in [7, 11) is 0. The topological polar surface area (TPSA) is 38.4 Å². The summed E-state index contributed by atoms with van der Waals surface area (Å²) in [5, 5.41) is 0. The molecule has 0 spiro atoms. The molecule has 0 heterocycles. The summed E-state index contributed by atoms with van der Waals surface area (Å²) in [5.41, 5.74) is 9.02. The summed E-state index contributed by atoms with van der Waals surface area (Å²) in [6.45, 7) is 2.00. The van der Waals surface area contributed by atoms with Crippen LogP contribution in [0.5, 0.6) is 0 Å². The zero-order valence-electron chi connectivity index (χ0n) is 9.93. The van der Waals surface area contributed by atoms with Gasteiger partial charge in [0.25, 0.3) is 0 Å². The molecular formula is C15H16N2. The molecule has 2 N–H and O–H groups in total. The maximum atomic E-state index is 5.70. The van der Waals surface area contributed by atoms with Crippen molar-refractivity contribution >= 4 is 11.5 Å². The lowest BCUT2D eigenvalue weighted by molar-refractivity contribution is 1.24. The Morgan fingerprint density at radius 1 is 0.941 bits per heavy atom. The van der Waals surface area contributed by atoms with Gasteiger partial charge >= 0.3 is 0 Å². The highest BCUT2D eigenvalue weighted by Gasteiger charge is 1.96. The van der Waals surface area contributed by atoms with Crippen molar-refractivity contribution in [2.24, 2.45) is 10.7 Å². The van der Waals surface area contributed by atoms with Crippen molar-refractivity contribution in [3.8, 4) is 11.1 Å². The second-order valence-corrected chi connectivity index (χ2v) is 3.87. The monoisotopic (exact) mass is 224 g/mol. The van der Waals surface area contributed by atoms with E-state index in [1.165, 1.54) is 11.1 Å².